The molecule has 0 saturated carbocycles. The first-order valence-corrected chi connectivity index (χ1v) is 6.86. The molecule has 108 valence electrons. The summed E-state index contributed by atoms with van der Waals surface area (Å²) in [6.07, 6.45) is -0.228. The molecule has 1 rings (SSSR count). The van der Waals surface area contributed by atoms with Crippen LogP contribution < -0.4 is 5.32 Å². The van der Waals surface area contributed by atoms with E-state index in [1.807, 2.05) is 44.2 Å². The first-order chi connectivity index (χ1) is 9.13. The van der Waals surface area contributed by atoms with Crippen molar-refractivity contribution in [3.05, 3.63) is 35.9 Å². The summed E-state index contributed by atoms with van der Waals surface area (Å²) in [6.45, 7) is 5.11. The molecule has 0 bridgehead atoms. The second kappa shape index (κ2) is 9.04. The topological polar surface area (TPSA) is 61.7 Å². The van der Waals surface area contributed by atoms with Gasteiger partial charge >= 0.3 is 0 Å². The molecule has 3 atom stereocenters. The number of aliphatic hydroxyl groups is 2. The van der Waals surface area contributed by atoms with Gasteiger partial charge in [-0.1, -0.05) is 37.3 Å². The second-order valence-electron chi connectivity index (χ2n) is 4.76. The van der Waals surface area contributed by atoms with Crippen LogP contribution in [0.3, 0.4) is 0 Å². The minimum atomic E-state index is -0.560. The van der Waals surface area contributed by atoms with E-state index in [1.54, 1.807) is 0 Å². The van der Waals surface area contributed by atoms with Crippen molar-refractivity contribution < 1.29 is 14.9 Å². The Balaban J connectivity index is 2.17. The van der Waals surface area contributed by atoms with Gasteiger partial charge < -0.3 is 20.3 Å². The zero-order valence-corrected chi connectivity index (χ0v) is 11.7. The van der Waals surface area contributed by atoms with E-state index < -0.39 is 6.10 Å². The number of rotatable bonds is 9. The third-order valence-electron chi connectivity index (χ3n) is 3.04. The number of hydrogen-bond acceptors (Lipinski definition) is 4. The molecule has 0 aliphatic heterocycles. The highest BCUT2D eigenvalue weighted by Crippen LogP contribution is 2.15. The highest BCUT2D eigenvalue weighted by molar-refractivity contribution is 5.16. The lowest BCUT2D eigenvalue weighted by molar-refractivity contribution is -0.00291. The van der Waals surface area contributed by atoms with E-state index in [9.17, 15) is 10.2 Å². The molecule has 1 aromatic rings. The van der Waals surface area contributed by atoms with Gasteiger partial charge in [-0.2, -0.15) is 0 Å². The van der Waals surface area contributed by atoms with Crippen LogP contribution in [0, 0.1) is 0 Å². The van der Waals surface area contributed by atoms with E-state index in [2.05, 4.69) is 5.32 Å². The van der Waals surface area contributed by atoms with Gasteiger partial charge in [0, 0.05) is 13.1 Å². The molecule has 0 aromatic heterocycles. The summed E-state index contributed by atoms with van der Waals surface area (Å²) < 4.78 is 5.62. The Morgan fingerprint density at radius 2 is 1.74 bits per heavy atom. The zero-order chi connectivity index (χ0) is 14.1. The molecule has 0 heterocycles. The van der Waals surface area contributed by atoms with Crippen molar-refractivity contribution in [2.24, 2.45) is 0 Å². The average molecular weight is 267 g/mol. The smallest absolute Gasteiger partial charge is 0.0897 e. The quantitative estimate of drug-likeness (QED) is 0.634. The molecular formula is C15H25NO3. The van der Waals surface area contributed by atoms with Crippen LogP contribution in [0.1, 0.15) is 31.9 Å². The highest BCUT2D eigenvalue weighted by atomic mass is 16.5. The summed E-state index contributed by atoms with van der Waals surface area (Å²) in [5.41, 5.74) is 1.10. The maximum atomic E-state index is 9.76. The Labute approximate surface area is 115 Å². The van der Waals surface area contributed by atoms with E-state index in [4.69, 9.17) is 4.74 Å². The third-order valence-corrected chi connectivity index (χ3v) is 3.04. The molecule has 4 heteroatoms. The van der Waals surface area contributed by atoms with Crippen LogP contribution in [0.5, 0.6) is 0 Å². The van der Waals surface area contributed by atoms with Gasteiger partial charge in [0.15, 0.2) is 0 Å². The van der Waals surface area contributed by atoms with Crippen molar-refractivity contribution in [2.45, 2.75) is 38.6 Å². The third kappa shape index (κ3) is 6.68. The summed E-state index contributed by atoms with van der Waals surface area (Å²) in [5, 5.41) is 22.1. The number of benzene rings is 1. The Hall–Kier alpha value is -0.940. The van der Waals surface area contributed by atoms with Gasteiger partial charge in [-0.05, 0) is 18.9 Å². The van der Waals surface area contributed by atoms with Gasteiger partial charge in [0.05, 0.1) is 24.9 Å². The Morgan fingerprint density at radius 3 is 2.37 bits per heavy atom. The van der Waals surface area contributed by atoms with Crippen LogP contribution in [-0.4, -0.2) is 42.1 Å². The molecule has 0 fully saturated rings. The fraction of sp³-hybridized carbons (Fsp3) is 0.600. The van der Waals surface area contributed by atoms with Crippen molar-refractivity contribution >= 4 is 0 Å². The molecule has 3 N–H and O–H groups in total. The normalized spacial score (nSPS) is 16.0. The van der Waals surface area contributed by atoms with Crippen LogP contribution in [0.2, 0.25) is 0 Å². The minimum Gasteiger partial charge on any atom is -0.392 e. The van der Waals surface area contributed by atoms with E-state index >= 15 is 0 Å². The predicted molar refractivity (Wildman–Crippen MR) is 76.0 cm³/mol. The summed E-state index contributed by atoms with van der Waals surface area (Å²) in [4.78, 5) is 0. The molecule has 1 aromatic carbocycles. The lowest BCUT2D eigenvalue weighted by atomic mass is 10.1. The standard InChI is InChI=1S/C15H25NO3/c1-3-14(17)9-16-10-15(18)11-19-12(2)13-7-5-4-6-8-13/h4-8,12,14-18H,3,9-11H2,1-2H3. The van der Waals surface area contributed by atoms with E-state index in [0.29, 0.717) is 19.5 Å². The Morgan fingerprint density at radius 1 is 1.11 bits per heavy atom. The van der Waals surface area contributed by atoms with Crippen molar-refractivity contribution in [1.82, 2.24) is 5.32 Å². The van der Waals surface area contributed by atoms with Crippen molar-refractivity contribution in [3.63, 3.8) is 0 Å². The van der Waals surface area contributed by atoms with Gasteiger partial charge in [0.1, 0.15) is 0 Å². The van der Waals surface area contributed by atoms with Crippen molar-refractivity contribution in [1.29, 1.82) is 0 Å². The molecule has 4 nitrogen and oxygen atoms in total. The zero-order valence-electron chi connectivity index (χ0n) is 11.7. The van der Waals surface area contributed by atoms with Crippen LogP contribution in [-0.2, 0) is 4.74 Å². The number of ether oxygens (including phenoxy) is 1. The molecule has 19 heavy (non-hydrogen) atoms. The van der Waals surface area contributed by atoms with Gasteiger partial charge in [0.25, 0.3) is 0 Å². The van der Waals surface area contributed by atoms with Crippen LogP contribution in [0.4, 0.5) is 0 Å². The van der Waals surface area contributed by atoms with E-state index in [1.165, 1.54) is 0 Å². The fourth-order valence-corrected chi connectivity index (χ4v) is 1.70. The molecular weight excluding hydrogens is 242 g/mol. The molecule has 0 amide bonds. The van der Waals surface area contributed by atoms with Gasteiger partial charge in [-0.15, -0.1) is 0 Å². The number of nitrogens with one attached hydrogen (secondary N) is 1. The molecule has 0 radical (unpaired) electrons. The Kier molecular flexibility index (Phi) is 7.67. The van der Waals surface area contributed by atoms with Gasteiger partial charge in [0.2, 0.25) is 0 Å². The van der Waals surface area contributed by atoms with Crippen LogP contribution >= 0.6 is 0 Å². The SMILES string of the molecule is CCC(O)CNCC(O)COC(C)c1ccccc1. The van der Waals surface area contributed by atoms with Crippen LogP contribution in [0.25, 0.3) is 0 Å². The van der Waals surface area contributed by atoms with Crippen molar-refractivity contribution in [2.75, 3.05) is 19.7 Å². The van der Waals surface area contributed by atoms with Gasteiger partial charge in [-0.3, -0.25) is 0 Å². The largest absolute Gasteiger partial charge is 0.392 e. The summed E-state index contributed by atoms with van der Waals surface area (Å²) in [7, 11) is 0. The maximum Gasteiger partial charge on any atom is 0.0897 e. The first-order valence-electron chi connectivity index (χ1n) is 6.86. The molecule has 0 aliphatic rings. The van der Waals surface area contributed by atoms with Crippen molar-refractivity contribution in [3.8, 4) is 0 Å². The fourth-order valence-electron chi connectivity index (χ4n) is 1.70. The highest BCUT2D eigenvalue weighted by Gasteiger charge is 2.10. The number of aliphatic hydroxyl groups excluding tert-OH is 2. The predicted octanol–water partition coefficient (Wildman–Crippen LogP) is 1.49. The van der Waals surface area contributed by atoms with Crippen LogP contribution in [0.15, 0.2) is 30.3 Å². The second-order valence-corrected chi connectivity index (χ2v) is 4.76. The minimum absolute atomic E-state index is 0.0305. The first kappa shape index (κ1) is 16.1. The summed E-state index contributed by atoms with van der Waals surface area (Å²) >= 11 is 0. The Bertz CT molecular complexity index is 331. The summed E-state index contributed by atoms with van der Waals surface area (Å²) in [5.74, 6) is 0. The molecule has 0 spiro atoms. The lowest BCUT2D eigenvalue weighted by Gasteiger charge is -2.18. The maximum absolute atomic E-state index is 9.76. The monoisotopic (exact) mass is 267 g/mol. The lowest BCUT2D eigenvalue weighted by Crippen LogP contribution is -2.35. The molecule has 0 aliphatic carbocycles. The van der Waals surface area contributed by atoms with E-state index in [-0.39, 0.29) is 18.8 Å². The summed E-state index contributed by atoms with van der Waals surface area (Å²) in [6, 6.07) is 9.92. The van der Waals surface area contributed by atoms with E-state index in [0.717, 1.165) is 5.56 Å². The van der Waals surface area contributed by atoms with Gasteiger partial charge in [-0.25, -0.2) is 0 Å². The number of hydrogen-bond donors (Lipinski definition) is 3. The average Bonchev–Trinajstić information content (AvgIpc) is 2.45. The molecule has 3 unspecified atom stereocenters. The molecule has 0 saturated heterocycles.